The summed E-state index contributed by atoms with van der Waals surface area (Å²) in [6.45, 7) is 7.56. The molecule has 0 unspecified atom stereocenters. The predicted molar refractivity (Wildman–Crippen MR) is 130 cm³/mol. The molecule has 0 atom stereocenters. The number of piperidine rings is 1. The Balaban J connectivity index is 1.44. The zero-order chi connectivity index (χ0) is 24.6. The number of benzene rings is 1. The SMILES string of the molecule is CC(C)(C)OC(=O)N1CCC(COc2ccc(-c3ccc(NC(=O)CCC=O)cc3)nc2)CC1. The van der Waals surface area contributed by atoms with E-state index in [9.17, 15) is 14.4 Å². The van der Waals surface area contributed by atoms with Crippen molar-refractivity contribution in [1.29, 1.82) is 0 Å². The molecule has 1 fully saturated rings. The topological polar surface area (TPSA) is 97.8 Å². The van der Waals surface area contributed by atoms with E-state index >= 15 is 0 Å². The fraction of sp³-hybridized carbons (Fsp3) is 0.462. The Hall–Kier alpha value is -3.42. The minimum Gasteiger partial charge on any atom is -0.492 e. The van der Waals surface area contributed by atoms with Crippen LogP contribution >= 0.6 is 0 Å². The lowest BCUT2D eigenvalue weighted by molar-refractivity contribution is -0.118. The number of aromatic nitrogens is 1. The summed E-state index contributed by atoms with van der Waals surface area (Å²) in [5, 5.41) is 2.76. The fourth-order valence-electron chi connectivity index (χ4n) is 3.60. The van der Waals surface area contributed by atoms with Crippen LogP contribution in [0.2, 0.25) is 0 Å². The van der Waals surface area contributed by atoms with Crippen molar-refractivity contribution < 1.29 is 23.9 Å². The maximum absolute atomic E-state index is 12.2. The Bertz CT molecular complexity index is 959. The van der Waals surface area contributed by atoms with Crippen LogP contribution in [-0.2, 0) is 14.3 Å². The number of aldehydes is 1. The summed E-state index contributed by atoms with van der Waals surface area (Å²) in [5.41, 5.74) is 1.92. The van der Waals surface area contributed by atoms with Crippen molar-refractivity contribution in [2.24, 2.45) is 5.92 Å². The van der Waals surface area contributed by atoms with Crippen LogP contribution in [0.4, 0.5) is 10.5 Å². The van der Waals surface area contributed by atoms with Gasteiger partial charge in [-0.3, -0.25) is 9.78 Å². The van der Waals surface area contributed by atoms with Crippen LogP contribution in [0.15, 0.2) is 42.6 Å². The highest BCUT2D eigenvalue weighted by Gasteiger charge is 2.27. The highest BCUT2D eigenvalue weighted by molar-refractivity contribution is 5.91. The van der Waals surface area contributed by atoms with E-state index in [2.05, 4.69) is 10.3 Å². The number of anilines is 1. The number of nitrogens with zero attached hydrogens (tertiary/aromatic N) is 2. The molecule has 8 nitrogen and oxygen atoms in total. The molecule has 1 N–H and O–H groups in total. The third-order valence-electron chi connectivity index (χ3n) is 5.44. The van der Waals surface area contributed by atoms with Crippen LogP contribution in [0.25, 0.3) is 11.3 Å². The number of hydrogen-bond donors (Lipinski definition) is 1. The molecule has 2 heterocycles. The van der Waals surface area contributed by atoms with Crippen molar-refractivity contribution in [2.45, 2.75) is 52.1 Å². The smallest absolute Gasteiger partial charge is 0.410 e. The molecule has 0 saturated carbocycles. The molecule has 182 valence electrons. The monoisotopic (exact) mass is 467 g/mol. The maximum Gasteiger partial charge on any atom is 0.410 e. The van der Waals surface area contributed by atoms with E-state index in [1.54, 1.807) is 11.1 Å². The number of carbonyl (C=O) groups excluding carboxylic acids is 3. The van der Waals surface area contributed by atoms with Gasteiger partial charge in [0, 0.05) is 37.2 Å². The molecule has 8 heteroatoms. The molecule has 3 rings (SSSR count). The van der Waals surface area contributed by atoms with Crippen molar-refractivity contribution in [3.05, 3.63) is 42.6 Å². The third kappa shape index (κ3) is 7.86. The number of nitrogens with one attached hydrogen (secondary N) is 1. The molecule has 2 aromatic rings. The summed E-state index contributed by atoms with van der Waals surface area (Å²) in [5.74, 6) is 0.903. The Morgan fingerprint density at radius 1 is 1.12 bits per heavy atom. The summed E-state index contributed by atoms with van der Waals surface area (Å²) in [6, 6.07) is 11.2. The zero-order valence-corrected chi connectivity index (χ0v) is 20.1. The van der Waals surface area contributed by atoms with Gasteiger partial charge < -0.3 is 24.5 Å². The van der Waals surface area contributed by atoms with E-state index in [0.29, 0.717) is 37.1 Å². The van der Waals surface area contributed by atoms with Gasteiger partial charge in [0.2, 0.25) is 5.91 Å². The van der Waals surface area contributed by atoms with Crippen molar-refractivity contribution >= 4 is 24.0 Å². The number of ether oxygens (including phenoxy) is 2. The van der Waals surface area contributed by atoms with Crippen LogP contribution < -0.4 is 10.1 Å². The largest absolute Gasteiger partial charge is 0.492 e. The van der Waals surface area contributed by atoms with Gasteiger partial charge in [-0.1, -0.05) is 12.1 Å². The van der Waals surface area contributed by atoms with Gasteiger partial charge in [0.25, 0.3) is 0 Å². The summed E-state index contributed by atoms with van der Waals surface area (Å²) < 4.78 is 11.4. The first kappa shape index (κ1) is 25.2. The molecule has 1 aromatic heterocycles. The maximum atomic E-state index is 12.2. The molecule has 2 amide bonds. The van der Waals surface area contributed by atoms with Crippen molar-refractivity contribution in [1.82, 2.24) is 9.88 Å². The van der Waals surface area contributed by atoms with Gasteiger partial charge in [-0.2, -0.15) is 0 Å². The Morgan fingerprint density at radius 3 is 2.41 bits per heavy atom. The molecule has 0 bridgehead atoms. The lowest BCUT2D eigenvalue weighted by Crippen LogP contribution is -2.42. The second-order valence-corrected chi connectivity index (χ2v) is 9.43. The first-order valence-corrected chi connectivity index (χ1v) is 11.6. The van der Waals surface area contributed by atoms with Crippen molar-refractivity contribution in [3.63, 3.8) is 0 Å². The third-order valence-corrected chi connectivity index (χ3v) is 5.44. The Morgan fingerprint density at radius 2 is 1.82 bits per heavy atom. The highest BCUT2D eigenvalue weighted by Crippen LogP contribution is 2.24. The van der Waals surface area contributed by atoms with Gasteiger partial charge in [-0.25, -0.2) is 4.79 Å². The van der Waals surface area contributed by atoms with Gasteiger partial charge in [0.05, 0.1) is 18.5 Å². The van der Waals surface area contributed by atoms with E-state index in [1.165, 1.54) is 0 Å². The lowest BCUT2D eigenvalue weighted by Gasteiger charge is -2.33. The molecular weight excluding hydrogens is 434 g/mol. The number of rotatable bonds is 8. The molecule has 0 radical (unpaired) electrons. The van der Waals surface area contributed by atoms with E-state index in [-0.39, 0.29) is 24.8 Å². The van der Waals surface area contributed by atoms with Crippen LogP contribution in [0, 0.1) is 5.92 Å². The van der Waals surface area contributed by atoms with Crippen molar-refractivity contribution in [2.75, 3.05) is 25.0 Å². The Labute approximate surface area is 200 Å². The van der Waals surface area contributed by atoms with Gasteiger partial charge in [-0.05, 0) is 63.8 Å². The average molecular weight is 468 g/mol. The number of pyridine rings is 1. The predicted octanol–water partition coefficient (Wildman–Crippen LogP) is 4.69. The number of likely N-dealkylation sites (tertiary alicyclic amines) is 1. The molecule has 1 aliphatic heterocycles. The summed E-state index contributed by atoms with van der Waals surface area (Å²) >= 11 is 0. The molecular formula is C26H33N3O5. The second-order valence-electron chi connectivity index (χ2n) is 9.43. The molecule has 34 heavy (non-hydrogen) atoms. The van der Waals surface area contributed by atoms with E-state index in [1.807, 2.05) is 57.2 Å². The summed E-state index contributed by atoms with van der Waals surface area (Å²) in [4.78, 5) is 40.5. The van der Waals surface area contributed by atoms with Crippen LogP contribution in [0.3, 0.4) is 0 Å². The quantitative estimate of drug-likeness (QED) is 0.566. The first-order chi connectivity index (χ1) is 16.2. The molecule has 0 spiro atoms. The fourth-order valence-corrected chi connectivity index (χ4v) is 3.60. The van der Waals surface area contributed by atoms with Gasteiger partial charge in [0.15, 0.2) is 0 Å². The normalized spacial score (nSPS) is 14.4. The number of carbonyl (C=O) groups is 3. The van der Waals surface area contributed by atoms with E-state index in [4.69, 9.17) is 9.47 Å². The minimum atomic E-state index is -0.480. The average Bonchev–Trinajstić information content (AvgIpc) is 2.81. The minimum absolute atomic E-state index is 0.178. The van der Waals surface area contributed by atoms with Crippen LogP contribution in [0.1, 0.15) is 46.5 Å². The van der Waals surface area contributed by atoms with Crippen LogP contribution in [0.5, 0.6) is 5.75 Å². The molecule has 1 saturated heterocycles. The number of amides is 2. The van der Waals surface area contributed by atoms with E-state index < -0.39 is 5.60 Å². The lowest BCUT2D eigenvalue weighted by atomic mass is 9.98. The van der Waals surface area contributed by atoms with Crippen molar-refractivity contribution in [3.8, 4) is 17.0 Å². The number of hydrogen-bond acceptors (Lipinski definition) is 6. The molecule has 0 aliphatic carbocycles. The van der Waals surface area contributed by atoms with Gasteiger partial charge in [-0.15, -0.1) is 0 Å². The van der Waals surface area contributed by atoms with E-state index in [0.717, 1.165) is 30.4 Å². The highest BCUT2D eigenvalue weighted by atomic mass is 16.6. The van der Waals surface area contributed by atoms with Gasteiger partial charge in [0.1, 0.15) is 17.6 Å². The molecule has 1 aromatic carbocycles. The zero-order valence-electron chi connectivity index (χ0n) is 20.1. The summed E-state index contributed by atoms with van der Waals surface area (Å²) in [6.07, 6.45) is 4.34. The summed E-state index contributed by atoms with van der Waals surface area (Å²) in [7, 11) is 0. The second kappa shape index (κ2) is 11.6. The standard InChI is InChI=1S/C26H33N3O5/c1-26(2,3)34-25(32)29-14-12-19(13-15-29)18-33-22-10-11-23(27-17-22)20-6-8-21(9-7-20)28-24(31)5-4-16-30/h6-11,16-17,19H,4-5,12-15,18H2,1-3H3,(H,28,31). The molecule has 1 aliphatic rings. The van der Waals surface area contributed by atoms with Crippen LogP contribution in [-0.4, -0.2) is 53.5 Å². The Kier molecular flexibility index (Phi) is 8.62. The van der Waals surface area contributed by atoms with Gasteiger partial charge >= 0.3 is 6.09 Å². The first-order valence-electron chi connectivity index (χ1n) is 11.6.